The maximum Gasteiger partial charge on any atom is 0.336 e. The van der Waals surface area contributed by atoms with Crippen LogP contribution in [0.2, 0.25) is 0 Å². The molecule has 22 heavy (non-hydrogen) atoms. The number of hydrogen-bond acceptors (Lipinski definition) is 3. The number of carbonyl (C=O) groups excluding carboxylic acids is 1. The van der Waals surface area contributed by atoms with Gasteiger partial charge in [-0.3, -0.25) is 4.79 Å². The number of benzene rings is 2. The maximum absolute atomic E-state index is 12.4. The Hall–Kier alpha value is -2.62. The normalized spacial score (nSPS) is 16.8. The number of rotatable bonds is 2. The van der Waals surface area contributed by atoms with Crippen LogP contribution in [0.5, 0.6) is 5.75 Å². The summed E-state index contributed by atoms with van der Waals surface area (Å²) in [4.78, 5) is 23.7. The minimum absolute atomic E-state index is 0.0189. The summed E-state index contributed by atoms with van der Waals surface area (Å²) < 4.78 is 5.93. The van der Waals surface area contributed by atoms with E-state index in [2.05, 4.69) is 0 Å². The second kappa shape index (κ2) is 5.30. The Bertz CT molecular complexity index is 777. The Morgan fingerprint density at radius 1 is 1.18 bits per heavy atom. The topological polar surface area (TPSA) is 63.6 Å². The zero-order valence-corrected chi connectivity index (χ0v) is 12.4. The molecule has 1 aliphatic rings. The fourth-order valence-electron chi connectivity index (χ4n) is 2.72. The predicted octanol–water partition coefficient (Wildman–Crippen LogP) is 3.71. The van der Waals surface area contributed by atoms with Crippen molar-refractivity contribution in [1.82, 2.24) is 0 Å². The van der Waals surface area contributed by atoms with E-state index in [0.717, 1.165) is 11.1 Å². The average molecular weight is 296 g/mol. The molecule has 1 unspecified atom stereocenters. The van der Waals surface area contributed by atoms with Crippen molar-refractivity contribution in [3.63, 3.8) is 0 Å². The first kappa shape index (κ1) is 14.3. The standard InChI is InChI=1S/C18H16O4/c1-10-7-14-15(19)9-17(22-16(14)8-11(10)2)12-5-3-4-6-13(12)18(20)21/h3-8,17H,9H2,1-2H3,(H,20,21). The molecule has 0 saturated heterocycles. The molecule has 0 aliphatic carbocycles. The fourth-order valence-corrected chi connectivity index (χ4v) is 2.72. The highest BCUT2D eigenvalue weighted by atomic mass is 16.5. The van der Waals surface area contributed by atoms with Crippen molar-refractivity contribution in [3.05, 3.63) is 64.2 Å². The van der Waals surface area contributed by atoms with Crippen molar-refractivity contribution in [2.45, 2.75) is 26.4 Å². The number of carboxylic acid groups (broad SMARTS) is 1. The molecule has 2 aromatic carbocycles. The summed E-state index contributed by atoms with van der Waals surface area (Å²) in [7, 11) is 0. The van der Waals surface area contributed by atoms with Crippen LogP contribution in [0.3, 0.4) is 0 Å². The lowest BCUT2D eigenvalue weighted by Gasteiger charge is -2.27. The number of aryl methyl sites for hydroxylation is 2. The quantitative estimate of drug-likeness (QED) is 0.917. The Labute approximate surface area is 128 Å². The molecule has 3 rings (SSSR count). The SMILES string of the molecule is Cc1cc2c(cc1C)C(=O)CC(c1ccccc1C(=O)O)O2. The monoisotopic (exact) mass is 296 g/mol. The first-order valence-electron chi connectivity index (χ1n) is 7.10. The number of Topliss-reactive ketones (excluding diaryl/α,β-unsaturated/α-hetero) is 1. The molecule has 1 atom stereocenters. The van der Waals surface area contributed by atoms with E-state index in [4.69, 9.17) is 4.74 Å². The van der Waals surface area contributed by atoms with Crippen LogP contribution in [-0.4, -0.2) is 16.9 Å². The molecule has 0 radical (unpaired) electrons. The molecule has 4 heteroatoms. The second-order valence-corrected chi connectivity index (χ2v) is 5.56. The second-order valence-electron chi connectivity index (χ2n) is 5.56. The largest absolute Gasteiger partial charge is 0.484 e. The molecule has 0 saturated carbocycles. The molecular formula is C18H16O4. The lowest BCUT2D eigenvalue weighted by molar-refractivity contribution is 0.0682. The molecule has 4 nitrogen and oxygen atoms in total. The van der Waals surface area contributed by atoms with Gasteiger partial charge in [0.25, 0.3) is 0 Å². The Kier molecular flexibility index (Phi) is 3.45. The molecule has 1 N–H and O–H groups in total. The summed E-state index contributed by atoms with van der Waals surface area (Å²) in [5, 5.41) is 9.30. The van der Waals surface area contributed by atoms with Gasteiger partial charge in [-0.1, -0.05) is 18.2 Å². The summed E-state index contributed by atoms with van der Waals surface area (Å²) in [6.45, 7) is 3.91. The van der Waals surface area contributed by atoms with Crippen LogP contribution in [0.4, 0.5) is 0 Å². The highest BCUT2D eigenvalue weighted by Crippen LogP contribution is 2.37. The molecule has 0 spiro atoms. The van der Waals surface area contributed by atoms with Crippen LogP contribution >= 0.6 is 0 Å². The third-order valence-electron chi connectivity index (χ3n) is 4.07. The Morgan fingerprint density at radius 3 is 2.59 bits per heavy atom. The van der Waals surface area contributed by atoms with Crippen molar-refractivity contribution in [3.8, 4) is 5.75 Å². The highest BCUT2D eigenvalue weighted by molar-refractivity contribution is 6.00. The van der Waals surface area contributed by atoms with Gasteiger partial charge in [0.15, 0.2) is 5.78 Å². The number of ether oxygens (including phenoxy) is 1. The first-order chi connectivity index (χ1) is 10.5. The van der Waals surface area contributed by atoms with Crippen LogP contribution < -0.4 is 4.74 Å². The number of ketones is 1. The smallest absolute Gasteiger partial charge is 0.336 e. The van der Waals surface area contributed by atoms with Gasteiger partial charge in [0, 0.05) is 5.56 Å². The first-order valence-corrected chi connectivity index (χ1v) is 7.10. The molecule has 0 amide bonds. The van der Waals surface area contributed by atoms with Gasteiger partial charge in [0.05, 0.1) is 17.5 Å². The summed E-state index contributed by atoms with van der Waals surface area (Å²) in [5.74, 6) is -0.503. The molecule has 0 fully saturated rings. The summed E-state index contributed by atoms with van der Waals surface area (Å²) >= 11 is 0. The van der Waals surface area contributed by atoms with Crippen molar-refractivity contribution in [1.29, 1.82) is 0 Å². The molecule has 0 bridgehead atoms. The number of fused-ring (bicyclic) bond motifs is 1. The third-order valence-corrected chi connectivity index (χ3v) is 4.07. The van der Waals surface area contributed by atoms with E-state index in [1.54, 1.807) is 18.2 Å². The van der Waals surface area contributed by atoms with E-state index >= 15 is 0 Å². The number of carboxylic acids is 1. The highest BCUT2D eigenvalue weighted by Gasteiger charge is 2.30. The lowest BCUT2D eigenvalue weighted by atomic mass is 9.92. The van der Waals surface area contributed by atoms with E-state index in [0.29, 0.717) is 16.9 Å². The third kappa shape index (κ3) is 2.37. The van der Waals surface area contributed by atoms with Crippen LogP contribution in [0.1, 0.15) is 49.9 Å². The molecule has 1 aliphatic heterocycles. The van der Waals surface area contributed by atoms with E-state index in [-0.39, 0.29) is 17.8 Å². The minimum Gasteiger partial charge on any atom is -0.484 e. The molecule has 0 aromatic heterocycles. The van der Waals surface area contributed by atoms with Gasteiger partial charge >= 0.3 is 5.97 Å². The predicted molar refractivity (Wildman–Crippen MR) is 81.6 cm³/mol. The van der Waals surface area contributed by atoms with Gasteiger partial charge in [-0.2, -0.15) is 0 Å². The molecule has 112 valence electrons. The van der Waals surface area contributed by atoms with Gasteiger partial charge in [-0.05, 0) is 43.2 Å². The van der Waals surface area contributed by atoms with Crippen LogP contribution in [0, 0.1) is 13.8 Å². The number of carbonyl (C=O) groups is 2. The van der Waals surface area contributed by atoms with Gasteiger partial charge in [0.1, 0.15) is 11.9 Å². The maximum atomic E-state index is 12.4. The van der Waals surface area contributed by atoms with Gasteiger partial charge in [-0.15, -0.1) is 0 Å². The Balaban J connectivity index is 2.05. The van der Waals surface area contributed by atoms with Gasteiger partial charge in [0.2, 0.25) is 0 Å². The molecular weight excluding hydrogens is 280 g/mol. The summed E-state index contributed by atoms with van der Waals surface area (Å²) in [5.41, 5.74) is 3.37. The zero-order chi connectivity index (χ0) is 15.9. The fraction of sp³-hybridized carbons (Fsp3) is 0.222. The van der Waals surface area contributed by atoms with E-state index in [1.807, 2.05) is 26.0 Å². The van der Waals surface area contributed by atoms with Crippen molar-refractivity contribution in [2.24, 2.45) is 0 Å². The summed E-state index contributed by atoms with van der Waals surface area (Å²) in [6, 6.07) is 10.3. The van der Waals surface area contributed by atoms with E-state index in [9.17, 15) is 14.7 Å². The van der Waals surface area contributed by atoms with Crippen molar-refractivity contribution in [2.75, 3.05) is 0 Å². The Morgan fingerprint density at radius 2 is 1.86 bits per heavy atom. The van der Waals surface area contributed by atoms with Gasteiger partial charge in [-0.25, -0.2) is 4.79 Å². The number of aromatic carboxylic acids is 1. The lowest BCUT2D eigenvalue weighted by Crippen LogP contribution is -2.22. The van der Waals surface area contributed by atoms with Gasteiger partial charge < -0.3 is 9.84 Å². The van der Waals surface area contributed by atoms with Crippen molar-refractivity contribution < 1.29 is 19.4 Å². The number of hydrogen-bond donors (Lipinski definition) is 1. The average Bonchev–Trinajstić information content (AvgIpc) is 2.49. The summed E-state index contributed by atoms with van der Waals surface area (Å²) in [6.07, 6.45) is -0.408. The molecule has 2 aromatic rings. The van der Waals surface area contributed by atoms with Crippen molar-refractivity contribution >= 4 is 11.8 Å². The van der Waals surface area contributed by atoms with Crippen LogP contribution in [0.15, 0.2) is 36.4 Å². The zero-order valence-electron chi connectivity index (χ0n) is 12.4. The molecule has 1 heterocycles. The minimum atomic E-state index is -1.02. The van der Waals surface area contributed by atoms with Crippen LogP contribution in [-0.2, 0) is 0 Å². The van der Waals surface area contributed by atoms with Crippen LogP contribution in [0.25, 0.3) is 0 Å². The van der Waals surface area contributed by atoms with E-state index < -0.39 is 12.1 Å². The van der Waals surface area contributed by atoms with E-state index in [1.165, 1.54) is 6.07 Å².